The quantitative estimate of drug-likeness (QED) is 0.810. The highest BCUT2D eigenvalue weighted by Gasteiger charge is 2.07. The molecular weight excluding hydrogens is 230 g/mol. The number of pyridine rings is 1. The van der Waals surface area contributed by atoms with Crippen LogP contribution in [-0.4, -0.2) is 23.0 Å². The van der Waals surface area contributed by atoms with Crippen molar-refractivity contribution in [2.45, 2.75) is 13.5 Å². The van der Waals surface area contributed by atoms with E-state index < -0.39 is 0 Å². The number of rotatable bonds is 4. The SMILES string of the molecule is COC(=O)c1ccc(CNc2cncc(C)c2)[nH]1. The first-order valence-electron chi connectivity index (χ1n) is 5.61. The van der Waals surface area contributed by atoms with Crippen molar-refractivity contribution in [2.24, 2.45) is 0 Å². The molecule has 94 valence electrons. The second-order valence-electron chi connectivity index (χ2n) is 3.99. The minimum Gasteiger partial charge on any atom is -0.464 e. The summed E-state index contributed by atoms with van der Waals surface area (Å²) in [6.45, 7) is 2.59. The van der Waals surface area contributed by atoms with Gasteiger partial charge in [-0.2, -0.15) is 0 Å². The summed E-state index contributed by atoms with van der Waals surface area (Å²) in [7, 11) is 1.36. The lowest BCUT2D eigenvalue weighted by Crippen LogP contribution is -2.04. The van der Waals surface area contributed by atoms with E-state index in [9.17, 15) is 4.79 Å². The van der Waals surface area contributed by atoms with Gasteiger partial charge in [0.1, 0.15) is 5.69 Å². The van der Waals surface area contributed by atoms with Crippen molar-refractivity contribution in [2.75, 3.05) is 12.4 Å². The van der Waals surface area contributed by atoms with E-state index in [1.807, 2.05) is 19.1 Å². The van der Waals surface area contributed by atoms with Crippen LogP contribution < -0.4 is 5.32 Å². The third-order valence-electron chi connectivity index (χ3n) is 2.51. The molecule has 2 aromatic rings. The van der Waals surface area contributed by atoms with Gasteiger partial charge in [0, 0.05) is 18.1 Å². The minimum atomic E-state index is -0.363. The Morgan fingerprint density at radius 2 is 2.28 bits per heavy atom. The van der Waals surface area contributed by atoms with Gasteiger partial charge in [0.15, 0.2) is 0 Å². The Bertz CT molecular complexity index is 549. The lowest BCUT2D eigenvalue weighted by atomic mass is 10.3. The van der Waals surface area contributed by atoms with Gasteiger partial charge in [-0.15, -0.1) is 0 Å². The minimum absolute atomic E-state index is 0.363. The van der Waals surface area contributed by atoms with Crippen LogP contribution in [-0.2, 0) is 11.3 Å². The number of anilines is 1. The van der Waals surface area contributed by atoms with Crippen molar-refractivity contribution >= 4 is 11.7 Å². The van der Waals surface area contributed by atoms with Gasteiger partial charge in [0.05, 0.1) is 19.3 Å². The van der Waals surface area contributed by atoms with E-state index >= 15 is 0 Å². The number of aromatic nitrogens is 2. The van der Waals surface area contributed by atoms with E-state index in [4.69, 9.17) is 0 Å². The number of nitrogens with one attached hydrogen (secondary N) is 2. The molecule has 18 heavy (non-hydrogen) atoms. The third-order valence-corrected chi connectivity index (χ3v) is 2.51. The molecule has 2 heterocycles. The van der Waals surface area contributed by atoms with E-state index in [1.54, 1.807) is 18.5 Å². The molecule has 2 N–H and O–H groups in total. The maximum absolute atomic E-state index is 11.3. The smallest absolute Gasteiger partial charge is 0.354 e. The number of hydrogen-bond donors (Lipinski definition) is 2. The van der Waals surface area contributed by atoms with E-state index in [1.165, 1.54) is 7.11 Å². The van der Waals surface area contributed by atoms with Crippen LogP contribution in [0, 0.1) is 6.92 Å². The fourth-order valence-electron chi connectivity index (χ4n) is 1.62. The van der Waals surface area contributed by atoms with Gasteiger partial charge in [-0.25, -0.2) is 4.79 Å². The van der Waals surface area contributed by atoms with E-state index in [-0.39, 0.29) is 5.97 Å². The molecule has 2 aromatic heterocycles. The summed E-state index contributed by atoms with van der Waals surface area (Å²) >= 11 is 0. The molecule has 0 atom stereocenters. The monoisotopic (exact) mass is 245 g/mol. The Balaban J connectivity index is 1.98. The number of nitrogens with zero attached hydrogens (tertiary/aromatic N) is 1. The normalized spacial score (nSPS) is 10.1. The predicted molar refractivity (Wildman–Crippen MR) is 68.4 cm³/mol. The molecule has 5 nitrogen and oxygen atoms in total. The number of methoxy groups -OCH3 is 1. The van der Waals surface area contributed by atoms with Crippen LogP contribution in [0.4, 0.5) is 5.69 Å². The predicted octanol–water partition coefficient (Wildman–Crippen LogP) is 2.12. The summed E-state index contributed by atoms with van der Waals surface area (Å²) in [5, 5.41) is 3.23. The maximum Gasteiger partial charge on any atom is 0.354 e. The van der Waals surface area contributed by atoms with Gasteiger partial charge in [-0.3, -0.25) is 4.98 Å². The number of aromatic amines is 1. The molecular formula is C13H15N3O2. The average Bonchev–Trinajstić information content (AvgIpc) is 2.84. The molecule has 0 bridgehead atoms. The second-order valence-corrected chi connectivity index (χ2v) is 3.99. The largest absolute Gasteiger partial charge is 0.464 e. The van der Waals surface area contributed by atoms with Crippen LogP contribution in [0.5, 0.6) is 0 Å². The molecule has 0 aliphatic heterocycles. The summed E-state index contributed by atoms with van der Waals surface area (Å²) in [6.07, 6.45) is 3.56. The number of hydrogen-bond acceptors (Lipinski definition) is 4. The highest BCUT2D eigenvalue weighted by molar-refractivity contribution is 5.87. The lowest BCUT2D eigenvalue weighted by molar-refractivity contribution is 0.0594. The third kappa shape index (κ3) is 2.88. The molecule has 0 aromatic carbocycles. The van der Waals surface area contributed by atoms with Crippen molar-refractivity contribution in [3.63, 3.8) is 0 Å². The van der Waals surface area contributed by atoms with E-state index in [0.717, 1.165) is 16.9 Å². The zero-order valence-electron chi connectivity index (χ0n) is 10.4. The number of esters is 1. The highest BCUT2D eigenvalue weighted by Crippen LogP contribution is 2.10. The molecule has 0 aliphatic carbocycles. The molecule has 0 unspecified atom stereocenters. The Morgan fingerprint density at radius 1 is 1.44 bits per heavy atom. The van der Waals surface area contributed by atoms with Gasteiger partial charge in [0.25, 0.3) is 0 Å². The average molecular weight is 245 g/mol. The van der Waals surface area contributed by atoms with Crippen LogP contribution in [0.15, 0.2) is 30.6 Å². The summed E-state index contributed by atoms with van der Waals surface area (Å²) in [5.74, 6) is -0.363. The first-order chi connectivity index (χ1) is 8.69. The second kappa shape index (κ2) is 5.35. The summed E-state index contributed by atoms with van der Waals surface area (Å²) in [6, 6.07) is 5.57. The van der Waals surface area contributed by atoms with Gasteiger partial charge >= 0.3 is 5.97 Å². The van der Waals surface area contributed by atoms with Crippen LogP contribution in [0.2, 0.25) is 0 Å². The summed E-state index contributed by atoms with van der Waals surface area (Å²) in [5.41, 5.74) is 3.42. The Labute approximate surface area is 105 Å². The van der Waals surface area contributed by atoms with Crippen molar-refractivity contribution < 1.29 is 9.53 Å². The van der Waals surface area contributed by atoms with Crippen LogP contribution in [0.3, 0.4) is 0 Å². The van der Waals surface area contributed by atoms with E-state index in [0.29, 0.717) is 12.2 Å². The Hall–Kier alpha value is -2.30. The zero-order chi connectivity index (χ0) is 13.0. The molecule has 0 radical (unpaired) electrons. The molecule has 0 saturated heterocycles. The number of ether oxygens (including phenoxy) is 1. The molecule has 5 heteroatoms. The molecule has 0 saturated carbocycles. The van der Waals surface area contributed by atoms with Crippen LogP contribution in [0.1, 0.15) is 21.7 Å². The topological polar surface area (TPSA) is 67.0 Å². The van der Waals surface area contributed by atoms with Crippen molar-refractivity contribution in [1.29, 1.82) is 0 Å². The Kier molecular flexibility index (Phi) is 3.62. The molecule has 0 spiro atoms. The zero-order valence-corrected chi connectivity index (χ0v) is 10.4. The number of aryl methyl sites for hydroxylation is 1. The first kappa shape index (κ1) is 12.2. The van der Waals surface area contributed by atoms with Gasteiger partial charge in [0.2, 0.25) is 0 Å². The molecule has 2 rings (SSSR count). The van der Waals surface area contributed by atoms with Crippen molar-refractivity contribution in [3.8, 4) is 0 Å². The van der Waals surface area contributed by atoms with Gasteiger partial charge in [-0.1, -0.05) is 0 Å². The van der Waals surface area contributed by atoms with Crippen molar-refractivity contribution in [3.05, 3.63) is 47.5 Å². The maximum atomic E-state index is 11.3. The summed E-state index contributed by atoms with van der Waals surface area (Å²) < 4.78 is 4.63. The number of carbonyl (C=O) groups is 1. The number of H-pyrrole nitrogens is 1. The highest BCUT2D eigenvalue weighted by atomic mass is 16.5. The molecule has 0 fully saturated rings. The first-order valence-corrected chi connectivity index (χ1v) is 5.61. The van der Waals surface area contributed by atoms with E-state index in [2.05, 4.69) is 20.0 Å². The molecule has 0 aliphatic rings. The van der Waals surface area contributed by atoms with Gasteiger partial charge in [-0.05, 0) is 30.7 Å². The van der Waals surface area contributed by atoms with Crippen LogP contribution >= 0.6 is 0 Å². The van der Waals surface area contributed by atoms with Crippen molar-refractivity contribution in [1.82, 2.24) is 9.97 Å². The molecule has 0 amide bonds. The van der Waals surface area contributed by atoms with Crippen LogP contribution in [0.25, 0.3) is 0 Å². The fourth-order valence-corrected chi connectivity index (χ4v) is 1.62. The summed E-state index contributed by atoms with van der Waals surface area (Å²) in [4.78, 5) is 18.3. The number of carbonyl (C=O) groups excluding carboxylic acids is 1. The Morgan fingerprint density at radius 3 is 3.00 bits per heavy atom. The van der Waals surface area contributed by atoms with Gasteiger partial charge < -0.3 is 15.0 Å². The fraction of sp³-hybridized carbons (Fsp3) is 0.231. The lowest BCUT2D eigenvalue weighted by Gasteiger charge is -2.05. The standard InChI is InChI=1S/C13H15N3O2/c1-9-5-11(7-14-6-9)15-8-10-3-4-12(16-10)13(17)18-2/h3-7,15-16H,8H2,1-2H3.